The van der Waals surface area contributed by atoms with Crippen molar-refractivity contribution in [3.05, 3.63) is 44.8 Å². The van der Waals surface area contributed by atoms with Crippen LogP contribution < -0.4 is 11.1 Å². The summed E-state index contributed by atoms with van der Waals surface area (Å²) in [5.41, 5.74) is 7.19. The molecule has 2 aromatic rings. The third-order valence-electron chi connectivity index (χ3n) is 2.91. The fourth-order valence-electron chi connectivity index (χ4n) is 1.72. The summed E-state index contributed by atoms with van der Waals surface area (Å²) in [4.78, 5) is 5.76. The summed E-state index contributed by atoms with van der Waals surface area (Å²) in [7, 11) is 0. The third-order valence-corrected chi connectivity index (χ3v) is 4.54. The van der Waals surface area contributed by atoms with Crippen molar-refractivity contribution in [2.24, 2.45) is 10.7 Å². The zero-order valence-electron chi connectivity index (χ0n) is 11.4. The molecular weight excluding hydrogens is 401 g/mol. The summed E-state index contributed by atoms with van der Waals surface area (Å²) < 4.78 is 0. The molecule has 0 saturated heterocycles. The molecule has 2 heterocycles. The predicted octanol–water partition coefficient (Wildman–Crippen LogP) is 3.68. The summed E-state index contributed by atoms with van der Waals surface area (Å²) in [5, 5.41) is 9.51. The zero-order valence-corrected chi connectivity index (χ0v) is 15.4. The maximum atomic E-state index is 5.86. The molecule has 1 unspecified atom stereocenters. The first kappa shape index (κ1) is 17.5. The molecule has 2 rings (SSSR count). The highest BCUT2D eigenvalue weighted by Gasteiger charge is 2.04. The second kappa shape index (κ2) is 9.36. The Morgan fingerprint density at radius 2 is 2.25 bits per heavy atom. The van der Waals surface area contributed by atoms with Crippen molar-refractivity contribution in [3.8, 4) is 0 Å². The Balaban J connectivity index is 0.00000200. The Morgan fingerprint density at radius 1 is 1.40 bits per heavy atom. The normalized spacial score (nSPS) is 12.8. The molecule has 0 radical (unpaired) electrons. The number of hydrogen-bond donors (Lipinski definition) is 2. The Hall–Kier alpha value is -0.600. The highest BCUT2D eigenvalue weighted by molar-refractivity contribution is 14.0. The average Bonchev–Trinajstić information content (AvgIpc) is 3.08. The van der Waals surface area contributed by atoms with Crippen LogP contribution in [0.4, 0.5) is 0 Å². The van der Waals surface area contributed by atoms with E-state index in [-0.39, 0.29) is 24.0 Å². The van der Waals surface area contributed by atoms with Gasteiger partial charge in [-0.25, -0.2) is 0 Å². The highest BCUT2D eigenvalue weighted by atomic mass is 127. The summed E-state index contributed by atoms with van der Waals surface area (Å²) in [6.07, 6.45) is 0.994. The van der Waals surface area contributed by atoms with Crippen LogP contribution in [-0.2, 0) is 6.42 Å². The molecule has 0 aliphatic rings. The first-order valence-electron chi connectivity index (χ1n) is 6.34. The average molecular weight is 421 g/mol. The largest absolute Gasteiger partial charge is 0.370 e. The van der Waals surface area contributed by atoms with Crippen LogP contribution >= 0.6 is 46.7 Å². The van der Waals surface area contributed by atoms with E-state index in [0.717, 1.165) is 19.5 Å². The van der Waals surface area contributed by atoms with Gasteiger partial charge < -0.3 is 11.1 Å². The number of nitrogens with zero attached hydrogens (tertiary/aromatic N) is 1. The smallest absolute Gasteiger partial charge is 0.188 e. The first-order chi connectivity index (χ1) is 9.25. The standard InChI is InChI=1S/C14H19N3S2.HI/c1-11(12-5-8-18-10-12)9-17-14(15)16-6-4-13-3-2-7-19-13;/h2-3,5,7-8,10-11H,4,6,9H2,1H3,(H3,15,16,17);1H. The van der Waals surface area contributed by atoms with Crippen LogP contribution in [-0.4, -0.2) is 19.0 Å². The van der Waals surface area contributed by atoms with E-state index < -0.39 is 0 Å². The minimum atomic E-state index is 0. The molecule has 0 spiro atoms. The van der Waals surface area contributed by atoms with E-state index in [1.54, 1.807) is 22.7 Å². The highest BCUT2D eigenvalue weighted by Crippen LogP contribution is 2.18. The van der Waals surface area contributed by atoms with E-state index in [1.807, 2.05) is 0 Å². The lowest BCUT2D eigenvalue weighted by Gasteiger charge is -2.08. The lowest BCUT2D eigenvalue weighted by Crippen LogP contribution is -2.33. The van der Waals surface area contributed by atoms with E-state index in [9.17, 15) is 0 Å². The Labute approximate surface area is 145 Å². The SMILES string of the molecule is CC(CN=C(N)NCCc1cccs1)c1ccsc1.I. The lowest BCUT2D eigenvalue weighted by molar-refractivity contribution is 0.766. The molecule has 0 aliphatic carbocycles. The quantitative estimate of drug-likeness (QED) is 0.425. The molecule has 0 aliphatic heterocycles. The van der Waals surface area contributed by atoms with Gasteiger partial charge in [0.05, 0.1) is 0 Å². The second-order valence-corrected chi connectivity index (χ2v) is 6.25. The van der Waals surface area contributed by atoms with Gasteiger partial charge in [0.1, 0.15) is 0 Å². The Morgan fingerprint density at radius 3 is 2.90 bits per heavy atom. The number of thiophene rings is 2. The van der Waals surface area contributed by atoms with Crippen molar-refractivity contribution >= 4 is 52.6 Å². The lowest BCUT2D eigenvalue weighted by atomic mass is 10.1. The van der Waals surface area contributed by atoms with Crippen molar-refractivity contribution in [2.45, 2.75) is 19.3 Å². The van der Waals surface area contributed by atoms with Gasteiger partial charge in [0.2, 0.25) is 0 Å². The van der Waals surface area contributed by atoms with Crippen LogP contribution in [0.15, 0.2) is 39.3 Å². The molecule has 0 aromatic carbocycles. The van der Waals surface area contributed by atoms with Crippen molar-refractivity contribution in [1.29, 1.82) is 0 Å². The molecule has 0 saturated carbocycles. The van der Waals surface area contributed by atoms with E-state index >= 15 is 0 Å². The van der Waals surface area contributed by atoms with Gasteiger partial charge in [0.25, 0.3) is 0 Å². The van der Waals surface area contributed by atoms with Gasteiger partial charge in [-0.2, -0.15) is 11.3 Å². The third kappa shape index (κ3) is 5.80. The van der Waals surface area contributed by atoms with E-state index in [1.165, 1.54) is 10.4 Å². The minimum absolute atomic E-state index is 0. The summed E-state index contributed by atoms with van der Waals surface area (Å²) in [5.74, 6) is 0.961. The number of nitrogens with two attached hydrogens (primary N) is 1. The number of aliphatic imine (C=N–C) groups is 1. The number of guanidine groups is 1. The second-order valence-electron chi connectivity index (χ2n) is 4.44. The summed E-state index contributed by atoms with van der Waals surface area (Å²) in [6.45, 7) is 3.74. The van der Waals surface area contributed by atoms with Crippen molar-refractivity contribution in [1.82, 2.24) is 5.32 Å². The molecule has 110 valence electrons. The van der Waals surface area contributed by atoms with E-state index in [4.69, 9.17) is 5.73 Å². The fourth-order valence-corrected chi connectivity index (χ4v) is 3.21. The summed E-state index contributed by atoms with van der Waals surface area (Å²) >= 11 is 3.49. The number of rotatable bonds is 6. The summed E-state index contributed by atoms with van der Waals surface area (Å²) in [6, 6.07) is 6.35. The zero-order chi connectivity index (χ0) is 13.5. The Kier molecular flexibility index (Phi) is 8.16. The van der Waals surface area contributed by atoms with Gasteiger partial charge >= 0.3 is 0 Å². The molecule has 2 aromatic heterocycles. The van der Waals surface area contributed by atoms with Crippen LogP contribution in [0.3, 0.4) is 0 Å². The number of halogens is 1. The molecule has 3 N–H and O–H groups in total. The van der Waals surface area contributed by atoms with E-state index in [2.05, 4.69) is 51.6 Å². The molecule has 0 bridgehead atoms. The van der Waals surface area contributed by atoms with Crippen LogP contribution in [0.1, 0.15) is 23.3 Å². The van der Waals surface area contributed by atoms with Crippen molar-refractivity contribution in [2.75, 3.05) is 13.1 Å². The number of hydrogen-bond acceptors (Lipinski definition) is 3. The molecular formula is C14H20IN3S2. The van der Waals surface area contributed by atoms with Gasteiger partial charge in [-0.1, -0.05) is 13.0 Å². The molecule has 0 fully saturated rings. The molecule has 1 atom stereocenters. The maximum absolute atomic E-state index is 5.86. The van der Waals surface area contributed by atoms with Crippen LogP contribution in [0.25, 0.3) is 0 Å². The number of nitrogens with one attached hydrogen (secondary N) is 1. The molecule has 6 heteroatoms. The van der Waals surface area contributed by atoms with Gasteiger partial charge in [0.15, 0.2) is 5.96 Å². The fraction of sp³-hybridized carbons (Fsp3) is 0.357. The van der Waals surface area contributed by atoms with Gasteiger partial charge in [-0.15, -0.1) is 35.3 Å². The van der Waals surface area contributed by atoms with Crippen molar-refractivity contribution < 1.29 is 0 Å². The van der Waals surface area contributed by atoms with Gasteiger partial charge in [-0.3, -0.25) is 4.99 Å². The maximum Gasteiger partial charge on any atom is 0.188 e. The molecule has 20 heavy (non-hydrogen) atoms. The van der Waals surface area contributed by atoms with Crippen LogP contribution in [0.5, 0.6) is 0 Å². The molecule has 3 nitrogen and oxygen atoms in total. The van der Waals surface area contributed by atoms with E-state index in [0.29, 0.717) is 11.9 Å². The van der Waals surface area contributed by atoms with Crippen LogP contribution in [0, 0.1) is 0 Å². The topological polar surface area (TPSA) is 50.4 Å². The Bertz CT molecular complexity index is 494. The van der Waals surface area contributed by atoms with Crippen LogP contribution in [0.2, 0.25) is 0 Å². The van der Waals surface area contributed by atoms with Gasteiger partial charge in [-0.05, 0) is 40.3 Å². The predicted molar refractivity (Wildman–Crippen MR) is 101 cm³/mol. The van der Waals surface area contributed by atoms with Gasteiger partial charge in [0, 0.05) is 23.9 Å². The minimum Gasteiger partial charge on any atom is -0.370 e. The first-order valence-corrected chi connectivity index (χ1v) is 8.16. The van der Waals surface area contributed by atoms with Crippen molar-refractivity contribution in [3.63, 3.8) is 0 Å². The molecule has 0 amide bonds. The monoisotopic (exact) mass is 421 g/mol.